The number of carbonyl (C=O) groups excluding carboxylic acids is 5. The molecule has 7 rings (SSSR count). The van der Waals surface area contributed by atoms with Gasteiger partial charge >= 0.3 is 29.8 Å². The maximum atomic E-state index is 12.4. The molecule has 5 aromatic rings. The molecule has 2 saturated carbocycles. The molecule has 2 fully saturated rings. The number of esters is 5. The molecule has 10 heteroatoms. The Morgan fingerprint density at radius 1 is 0.320 bits per heavy atom. The van der Waals surface area contributed by atoms with Crippen molar-refractivity contribution in [2.45, 2.75) is 320 Å². The maximum absolute atomic E-state index is 12.4. The Morgan fingerprint density at radius 2 is 0.536 bits per heavy atom. The minimum Gasteiger partial charge on any atom is -0.456 e. The molecule has 5 unspecified atom stereocenters. The molecule has 0 radical (unpaired) electrons. The van der Waals surface area contributed by atoms with E-state index in [1.54, 1.807) is 0 Å². The van der Waals surface area contributed by atoms with E-state index in [1.807, 2.05) is 165 Å². The van der Waals surface area contributed by atoms with E-state index in [9.17, 15) is 24.0 Å². The van der Waals surface area contributed by atoms with Crippen LogP contribution >= 0.6 is 0 Å². The largest absolute Gasteiger partial charge is 0.456 e. The third kappa shape index (κ3) is 28.7. The van der Waals surface area contributed by atoms with E-state index in [0.29, 0.717) is 69.2 Å². The lowest BCUT2D eigenvalue weighted by Gasteiger charge is -2.36. The summed E-state index contributed by atoms with van der Waals surface area (Å²) in [5.74, 6) is 2.81. The molecule has 2 aliphatic rings. The van der Waals surface area contributed by atoms with Crippen LogP contribution in [0.3, 0.4) is 0 Å². The first-order chi connectivity index (χ1) is 45.4. The number of rotatable bonds is 23. The van der Waals surface area contributed by atoms with Gasteiger partial charge in [-0.25, -0.2) is 24.0 Å². The lowest BCUT2D eigenvalue weighted by molar-refractivity contribution is -0.0386. The Kier molecular flexibility index (Phi) is 34.8. The maximum Gasteiger partial charge on any atom is 0.338 e. The summed E-state index contributed by atoms with van der Waals surface area (Å²) < 4.78 is 28.0. The van der Waals surface area contributed by atoms with Crippen LogP contribution in [0, 0.1) is 17.8 Å². The average Bonchev–Trinajstić information content (AvgIpc) is 1.80. The molecule has 0 saturated heterocycles. The first kappa shape index (κ1) is 84.7. The van der Waals surface area contributed by atoms with Gasteiger partial charge in [-0.15, -0.1) is 0 Å². The minimum absolute atomic E-state index is 0.189. The van der Waals surface area contributed by atoms with Gasteiger partial charge in [0.25, 0.3) is 0 Å². The highest BCUT2D eigenvalue weighted by molar-refractivity contribution is 5.92. The molecule has 5 aromatic carbocycles. The third-order valence-electron chi connectivity index (χ3n) is 20.6. The van der Waals surface area contributed by atoms with Crippen LogP contribution in [0.1, 0.15) is 372 Å². The molecule has 0 bridgehead atoms. The zero-order chi connectivity index (χ0) is 73.1. The molecule has 0 spiro atoms. The average molecular weight is 1340 g/mol. The van der Waals surface area contributed by atoms with E-state index in [2.05, 4.69) is 123 Å². The van der Waals surface area contributed by atoms with Crippen molar-refractivity contribution in [1.29, 1.82) is 0 Å². The zero-order valence-electron chi connectivity index (χ0n) is 64.9. The summed E-state index contributed by atoms with van der Waals surface area (Å²) in [4.78, 5) is 60.6. The van der Waals surface area contributed by atoms with Gasteiger partial charge in [0.1, 0.15) is 28.0 Å². The van der Waals surface area contributed by atoms with Gasteiger partial charge < -0.3 is 23.7 Å². The normalized spacial score (nSPS) is 15.3. The van der Waals surface area contributed by atoms with Gasteiger partial charge in [0.05, 0.1) is 27.8 Å². The van der Waals surface area contributed by atoms with Crippen molar-refractivity contribution in [2.75, 3.05) is 0 Å². The lowest BCUT2D eigenvalue weighted by atomic mass is 9.79. The molecule has 0 aromatic heterocycles. The van der Waals surface area contributed by atoms with E-state index >= 15 is 0 Å². The second kappa shape index (κ2) is 39.9. The molecule has 538 valence electrons. The van der Waals surface area contributed by atoms with Crippen molar-refractivity contribution < 1.29 is 47.7 Å². The zero-order valence-corrected chi connectivity index (χ0v) is 64.9. The van der Waals surface area contributed by atoms with Gasteiger partial charge in [-0.2, -0.15) is 0 Å². The lowest BCUT2D eigenvalue weighted by Crippen LogP contribution is -2.37. The Morgan fingerprint density at radius 3 is 0.753 bits per heavy atom. The van der Waals surface area contributed by atoms with Crippen LogP contribution < -0.4 is 0 Å². The summed E-state index contributed by atoms with van der Waals surface area (Å²) in [6.07, 6.45) is 17.4. The highest BCUT2D eigenvalue weighted by Gasteiger charge is 2.37. The summed E-state index contributed by atoms with van der Waals surface area (Å²) >= 11 is 0. The van der Waals surface area contributed by atoms with Gasteiger partial charge in [-0.1, -0.05) is 183 Å². The molecule has 2 aliphatic carbocycles. The van der Waals surface area contributed by atoms with Crippen LogP contribution in [0.15, 0.2) is 121 Å². The smallest absolute Gasteiger partial charge is 0.338 e. The van der Waals surface area contributed by atoms with Crippen molar-refractivity contribution >= 4 is 29.8 Å². The topological polar surface area (TPSA) is 132 Å². The Hall–Kier alpha value is -6.55. The summed E-state index contributed by atoms with van der Waals surface area (Å²) in [5, 5.41) is 0. The first-order valence-electron chi connectivity index (χ1n) is 37.0. The quantitative estimate of drug-likeness (QED) is 0.0460. The summed E-state index contributed by atoms with van der Waals surface area (Å²) in [7, 11) is 0. The van der Waals surface area contributed by atoms with Gasteiger partial charge in [0.15, 0.2) is 0 Å². The van der Waals surface area contributed by atoms with Crippen LogP contribution in [-0.4, -0.2) is 57.9 Å². The van der Waals surface area contributed by atoms with Crippen molar-refractivity contribution in [1.82, 2.24) is 0 Å². The van der Waals surface area contributed by atoms with Gasteiger partial charge in [-0.05, 0) is 276 Å². The monoisotopic (exact) mass is 1330 g/mol. The molecule has 0 amide bonds. The predicted octanol–water partition coefficient (Wildman–Crippen LogP) is 24.5. The summed E-state index contributed by atoms with van der Waals surface area (Å²) in [6.45, 7) is 49.5. The number of ether oxygens (including phenoxy) is 5. The molecule has 0 heterocycles. The molecule has 5 atom stereocenters. The summed E-state index contributed by atoms with van der Waals surface area (Å²) in [5.41, 5.74) is 7.56. The van der Waals surface area contributed by atoms with E-state index in [4.69, 9.17) is 23.7 Å². The fourth-order valence-electron chi connectivity index (χ4n) is 11.2. The SMILES string of the molecule is CCC(C)c1ccc(C(=O)OC(C)(C)C(C)C)cc1.CCC(C)c1ccc(C(=O)OC(C)(C)C)cc1.CCC(C)c1ccc(C(=O)OC(C)(C)C2CCCC2)cc1.CCC(C)c1ccc(C(=O)OC(C)(C)C2CCCCC2)cc1.CCC(C)c1ccc(C(=O)OC(C)(C)CC)cc1. The van der Waals surface area contributed by atoms with Crippen LogP contribution in [-0.2, 0) is 23.7 Å². The molecular formula is C87H130O10. The van der Waals surface area contributed by atoms with Crippen molar-refractivity contribution in [2.24, 2.45) is 17.8 Å². The molecule has 97 heavy (non-hydrogen) atoms. The van der Waals surface area contributed by atoms with Crippen LogP contribution in [0.5, 0.6) is 0 Å². The molecule has 0 N–H and O–H groups in total. The highest BCUT2D eigenvalue weighted by Crippen LogP contribution is 2.38. The Labute approximate surface area is 589 Å². The Bertz CT molecular complexity index is 3110. The van der Waals surface area contributed by atoms with Gasteiger partial charge in [0, 0.05) is 0 Å². The molecular weight excluding hydrogens is 1200 g/mol. The van der Waals surface area contributed by atoms with E-state index in [0.717, 1.165) is 38.5 Å². The standard InChI is InChI=1S/C20H30O2.C19H28O2.C17H26O2.C16H24O2.C15H22O2/c1-5-15(2)16-11-13-17(14-12-16)19(21)22-20(3,4)18-9-7-6-8-10-18;1-5-14(2)15-10-12-16(13-11-15)18(20)21-19(3,4)17-8-6-7-9-17;1-7-13(4)14-8-10-15(11-9-14)16(18)19-17(5,6)12(2)3;1-6-12(3)13-8-10-14(11-9-13)15(17)18-16(4,5)7-2;1-6-11(2)12-7-9-13(10-8-12)14(16)17-15(3,4)5/h11-15,18H,5-10H2,1-4H3;10-14,17H,5-9H2,1-4H3;8-13H,7H2,1-6H3;8-12H,6-7H2,1-5H3;7-11H,6H2,1-5H3. The van der Waals surface area contributed by atoms with Crippen molar-refractivity contribution in [3.8, 4) is 0 Å². The number of benzene rings is 5. The fraction of sp³-hybridized carbons (Fsp3) is 0.598. The molecule has 10 nitrogen and oxygen atoms in total. The number of hydrogen-bond acceptors (Lipinski definition) is 10. The third-order valence-corrected chi connectivity index (χ3v) is 20.6. The minimum atomic E-state index is -0.438. The first-order valence-corrected chi connectivity index (χ1v) is 37.0. The van der Waals surface area contributed by atoms with Gasteiger partial charge in [-0.3, -0.25) is 0 Å². The van der Waals surface area contributed by atoms with Crippen LogP contribution in [0.4, 0.5) is 0 Å². The molecule has 0 aliphatic heterocycles. The Balaban J connectivity index is 0.000000317. The van der Waals surface area contributed by atoms with E-state index < -0.39 is 16.8 Å². The number of carbonyl (C=O) groups is 5. The van der Waals surface area contributed by atoms with Crippen LogP contribution in [0.2, 0.25) is 0 Å². The van der Waals surface area contributed by atoms with Crippen LogP contribution in [0.25, 0.3) is 0 Å². The predicted molar refractivity (Wildman–Crippen MR) is 403 cm³/mol. The van der Waals surface area contributed by atoms with Crippen molar-refractivity contribution in [3.63, 3.8) is 0 Å². The highest BCUT2D eigenvalue weighted by atomic mass is 16.6. The second-order valence-corrected chi connectivity index (χ2v) is 31.1. The van der Waals surface area contributed by atoms with Crippen molar-refractivity contribution in [3.05, 3.63) is 177 Å². The summed E-state index contributed by atoms with van der Waals surface area (Å²) in [6, 6.07) is 39.0. The van der Waals surface area contributed by atoms with E-state index in [1.165, 1.54) is 85.6 Å². The van der Waals surface area contributed by atoms with E-state index in [-0.39, 0.29) is 47.0 Å². The van der Waals surface area contributed by atoms with Gasteiger partial charge in [0.2, 0.25) is 0 Å². The number of hydrogen-bond donors (Lipinski definition) is 0. The fourth-order valence-corrected chi connectivity index (χ4v) is 11.2. The second-order valence-electron chi connectivity index (χ2n) is 31.1.